The first kappa shape index (κ1) is 14.1. The molecule has 1 unspecified atom stereocenters. The van der Waals surface area contributed by atoms with E-state index < -0.39 is 33.3 Å². The van der Waals surface area contributed by atoms with Gasteiger partial charge in [-0.1, -0.05) is 0 Å². The second kappa shape index (κ2) is 5.34. The predicted molar refractivity (Wildman–Crippen MR) is 65.8 cm³/mol. The maximum absolute atomic E-state index is 13.4. The van der Waals surface area contributed by atoms with Gasteiger partial charge < -0.3 is 5.32 Å². The van der Waals surface area contributed by atoms with Crippen LogP contribution < -0.4 is 5.32 Å². The summed E-state index contributed by atoms with van der Waals surface area (Å²) in [5, 5.41) is 2.91. The summed E-state index contributed by atoms with van der Waals surface area (Å²) in [6, 6.07) is 2.19. The SMILES string of the molecule is O=C(CC1CS(=O)(=O)CCN1)c1ccc(F)cc1F. The van der Waals surface area contributed by atoms with E-state index in [-0.39, 0.29) is 30.0 Å². The molecule has 4 nitrogen and oxygen atoms in total. The van der Waals surface area contributed by atoms with Crippen LogP contribution in [0.1, 0.15) is 16.8 Å². The number of hydrogen-bond acceptors (Lipinski definition) is 4. The average molecular weight is 289 g/mol. The summed E-state index contributed by atoms with van der Waals surface area (Å²) < 4.78 is 49.0. The number of Topliss-reactive ketones (excluding diaryl/α,β-unsaturated/α-hetero) is 1. The van der Waals surface area contributed by atoms with E-state index in [9.17, 15) is 22.0 Å². The Morgan fingerprint density at radius 2 is 2.11 bits per heavy atom. The second-order valence-corrected chi connectivity index (χ2v) is 6.75. The van der Waals surface area contributed by atoms with Crippen molar-refractivity contribution in [2.45, 2.75) is 12.5 Å². The van der Waals surface area contributed by atoms with Crippen LogP contribution in [-0.4, -0.2) is 38.3 Å². The number of sulfone groups is 1. The highest BCUT2D eigenvalue weighted by atomic mass is 32.2. The van der Waals surface area contributed by atoms with Crippen LogP contribution in [-0.2, 0) is 9.84 Å². The molecule has 0 saturated carbocycles. The molecule has 0 aromatic heterocycles. The van der Waals surface area contributed by atoms with Gasteiger partial charge in [0.2, 0.25) is 0 Å². The Bertz CT molecular complexity index is 601. The molecule has 0 spiro atoms. The molecule has 1 aliphatic heterocycles. The Morgan fingerprint density at radius 1 is 1.37 bits per heavy atom. The van der Waals surface area contributed by atoms with Crippen LogP contribution in [0.15, 0.2) is 18.2 Å². The van der Waals surface area contributed by atoms with E-state index >= 15 is 0 Å². The molecule has 1 aromatic rings. The maximum atomic E-state index is 13.4. The third kappa shape index (κ3) is 3.57. The number of carbonyl (C=O) groups excluding carboxylic acids is 1. The Labute approximate surface area is 109 Å². The number of nitrogens with one attached hydrogen (secondary N) is 1. The van der Waals surface area contributed by atoms with E-state index in [1.807, 2.05) is 0 Å². The summed E-state index contributed by atoms with van der Waals surface area (Å²) in [5.74, 6) is -2.31. The minimum absolute atomic E-state index is 0.0442. The number of carbonyl (C=O) groups is 1. The van der Waals surface area contributed by atoms with Gasteiger partial charge in [-0.3, -0.25) is 4.79 Å². The highest BCUT2D eigenvalue weighted by Gasteiger charge is 2.27. The molecular formula is C12H13F2NO3S. The van der Waals surface area contributed by atoms with E-state index in [4.69, 9.17) is 0 Å². The normalized spacial score (nSPS) is 22.1. The van der Waals surface area contributed by atoms with Crippen molar-refractivity contribution in [3.63, 3.8) is 0 Å². The van der Waals surface area contributed by atoms with Gasteiger partial charge in [-0.2, -0.15) is 0 Å². The van der Waals surface area contributed by atoms with Crippen molar-refractivity contribution in [2.75, 3.05) is 18.1 Å². The fourth-order valence-corrected chi connectivity index (χ4v) is 3.49. The minimum Gasteiger partial charge on any atom is -0.312 e. The van der Waals surface area contributed by atoms with Crippen molar-refractivity contribution < 1.29 is 22.0 Å². The van der Waals surface area contributed by atoms with Crippen molar-refractivity contribution in [3.05, 3.63) is 35.4 Å². The minimum atomic E-state index is -3.15. The molecule has 1 aliphatic rings. The lowest BCUT2D eigenvalue weighted by Gasteiger charge is -2.23. The number of rotatable bonds is 3. The molecule has 1 fully saturated rings. The van der Waals surface area contributed by atoms with E-state index in [1.165, 1.54) is 0 Å². The molecule has 19 heavy (non-hydrogen) atoms. The molecule has 1 N–H and O–H groups in total. The van der Waals surface area contributed by atoms with E-state index in [2.05, 4.69) is 5.32 Å². The summed E-state index contributed by atoms with van der Waals surface area (Å²) in [6.45, 7) is 0.284. The summed E-state index contributed by atoms with van der Waals surface area (Å²) >= 11 is 0. The summed E-state index contributed by atoms with van der Waals surface area (Å²) in [6.07, 6.45) is -0.123. The summed E-state index contributed by atoms with van der Waals surface area (Å²) in [5.41, 5.74) is -0.217. The van der Waals surface area contributed by atoms with E-state index in [0.717, 1.165) is 12.1 Å². The molecule has 104 valence electrons. The van der Waals surface area contributed by atoms with Gasteiger partial charge in [0.05, 0.1) is 17.1 Å². The fourth-order valence-electron chi connectivity index (χ4n) is 2.05. The van der Waals surface area contributed by atoms with Crippen LogP contribution in [0.5, 0.6) is 0 Å². The lowest BCUT2D eigenvalue weighted by molar-refractivity contribution is 0.0968. The Hall–Kier alpha value is -1.34. The van der Waals surface area contributed by atoms with E-state index in [0.29, 0.717) is 6.07 Å². The van der Waals surface area contributed by atoms with Gasteiger partial charge in [0, 0.05) is 25.1 Å². The number of halogens is 2. The first-order valence-corrected chi connectivity index (χ1v) is 7.61. The average Bonchev–Trinajstić information content (AvgIpc) is 2.27. The van der Waals surface area contributed by atoms with Crippen LogP contribution in [0.4, 0.5) is 8.78 Å². The van der Waals surface area contributed by atoms with Gasteiger partial charge >= 0.3 is 0 Å². The third-order valence-electron chi connectivity index (χ3n) is 2.96. The molecule has 1 heterocycles. The Kier molecular flexibility index (Phi) is 3.96. The first-order valence-electron chi connectivity index (χ1n) is 5.79. The molecule has 7 heteroatoms. The molecule has 2 rings (SSSR count). The molecule has 0 aliphatic carbocycles. The predicted octanol–water partition coefficient (Wildman–Crippen LogP) is 0.924. The number of ketones is 1. The van der Waals surface area contributed by atoms with Gasteiger partial charge in [-0.05, 0) is 12.1 Å². The van der Waals surface area contributed by atoms with Gasteiger partial charge in [-0.15, -0.1) is 0 Å². The lowest BCUT2D eigenvalue weighted by atomic mass is 10.0. The highest BCUT2D eigenvalue weighted by molar-refractivity contribution is 7.91. The van der Waals surface area contributed by atoms with E-state index in [1.54, 1.807) is 0 Å². The van der Waals surface area contributed by atoms with Crippen molar-refractivity contribution in [3.8, 4) is 0 Å². The zero-order valence-electron chi connectivity index (χ0n) is 10.0. The first-order chi connectivity index (χ1) is 8.87. The van der Waals surface area contributed by atoms with Gasteiger partial charge in [0.25, 0.3) is 0 Å². The molecule has 0 bridgehead atoms. The number of hydrogen-bond donors (Lipinski definition) is 1. The maximum Gasteiger partial charge on any atom is 0.167 e. The largest absolute Gasteiger partial charge is 0.312 e. The monoisotopic (exact) mass is 289 g/mol. The van der Waals surface area contributed by atoms with Crippen LogP contribution in [0.25, 0.3) is 0 Å². The van der Waals surface area contributed by atoms with Crippen molar-refractivity contribution >= 4 is 15.6 Å². The number of benzene rings is 1. The highest BCUT2D eigenvalue weighted by Crippen LogP contribution is 2.14. The molecule has 0 radical (unpaired) electrons. The summed E-state index contributed by atoms with van der Waals surface area (Å²) in [7, 11) is -3.15. The van der Waals surface area contributed by atoms with Gasteiger partial charge in [0.1, 0.15) is 11.6 Å². The van der Waals surface area contributed by atoms with Crippen LogP contribution >= 0.6 is 0 Å². The molecule has 1 aromatic carbocycles. The Morgan fingerprint density at radius 3 is 2.74 bits per heavy atom. The Balaban J connectivity index is 2.09. The van der Waals surface area contributed by atoms with Gasteiger partial charge in [0.15, 0.2) is 15.6 Å². The standard InChI is InChI=1S/C12H13F2NO3S/c13-8-1-2-10(11(14)5-8)12(16)6-9-7-19(17,18)4-3-15-9/h1-2,5,9,15H,3-4,6-7H2. The zero-order chi connectivity index (χ0) is 14.0. The molecule has 1 saturated heterocycles. The zero-order valence-corrected chi connectivity index (χ0v) is 10.8. The van der Waals surface area contributed by atoms with Crippen LogP contribution in [0.2, 0.25) is 0 Å². The topological polar surface area (TPSA) is 63.2 Å². The second-order valence-electron chi connectivity index (χ2n) is 4.52. The van der Waals surface area contributed by atoms with Crippen LogP contribution in [0.3, 0.4) is 0 Å². The van der Waals surface area contributed by atoms with Crippen LogP contribution in [0, 0.1) is 11.6 Å². The molecular weight excluding hydrogens is 276 g/mol. The molecule has 0 amide bonds. The quantitative estimate of drug-likeness (QED) is 0.841. The summed E-state index contributed by atoms with van der Waals surface area (Å²) in [4.78, 5) is 11.9. The molecule has 1 atom stereocenters. The fraction of sp³-hybridized carbons (Fsp3) is 0.417. The van der Waals surface area contributed by atoms with Gasteiger partial charge in [-0.25, -0.2) is 17.2 Å². The van der Waals surface area contributed by atoms with Crippen molar-refractivity contribution in [1.29, 1.82) is 0 Å². The van der Waals surface area contributed by atoms with Crippen molar-refractivity contribution in [2.24, 2.45) is 0 Å². The lowest BCUT2D eigenvalue weighted by Crippen LogP contribution is -2.46. The third-order valence-corrected chi connectivity index (χ3v) is 4.70. The van der Waals surface area contributed by atoms with Crippen molar-refractivity contribution in [1.82, 2.24) is 5.32 Å². The smallest absolute Gasteiger partial charge is 0.167 e.